The van der Waals surface area contributed by atoms with Gasteiger partial charge in [0, 0.05) is 5.39 Å². The number of thiophene rings is 2. The van der Waals surface area contributed by atoms with Gasteiger partial charge in [0.15, 0.2) is 11.4 Å². The van der Waals surface area contributed by atoms with E-state index in [1.165, 1.54) is 22.7 Å². The third-order valence-electron chi connectivity index (χ3n) is 2.95. The van der Waals surface area contributed by atoms with Crippen LogP contribution in [0.1, 0.15) is 10.5 Å². The molecule has 0 fully saturated rings. The minimum absolute atomic E-state index is 0.167. The Morgan fingerprint density at radius 2 is 2.05 bits per heavy atom. The van der Waals surface area contributed by atoms with Gasteiger partial charge in [-0.15, -0.1) is 22.7 Å². The lowest BCUT2D eigenvalue weighted by atomic mass is 10.1. The Balaban J connectivity index is 2.13. The maximum absolute atomic E-state index is 12.1. The molecule has 0 saturated heterocycles. The molecule has 0 aliphatic rings. The van der Waals surface area contributed by atoms with Crippen LogP contribution in [0.2, 0.25) is 0 Å². The van der Waals surface area contributed by atoms with Crippen molar-refractivity contribution in [3.05, 3.63) is 34.7 Å². The molecule has 0 aliphatic carbocycles. The molecule has 0 spiro atoms. The highest BCUT2D eigenvalue weighted by atomic mass is 32.1. The number of aromatic hydroxyl groups is 1. The highest BCUT2D eigenvalue weighted by Gasteiger charge is 2.21. The van der Waals surface area contributed by atoms with Gasteiger partial charge in [-0.1, -0.05) is 6.07 Å². The van der Waals surface area contributed by atoms with Gasteiger partial charge in [-0.05, 0) is 22.9 Å². The first kappa shape index (κ1) is 14.5. The quantitative estimate of drug-likeness (QED) is 0.681. The maximum atomic E-state index is 12.1. The van der Waals surface area contributed by atoms with Gasteiger partial charge < -0.3 is 15.5 Å². The molecule has 3 rings (SSSR count). The molecule has 0 aliphatic heterocycles. The molecule has 3 N–H and O–H groups in total. The van der Waals surface area contributed by atoms with Crippen molar-refractivity contribution in [3.8, 4) is 16.3 Å². The number of carboxylic acids is 1. The number of carbonyl (C=O) groups is 2. The summed E-state index contributed by atoms with van der Waals surface area (Å²) >= 11 is 2.77. The van der Waals surface area contributed by atoms with Crippen molar-refractivity contribution in [1.82, 2.24) is 10.3 Å². The van der Waals surface area contributed by atoms with Gasteiger partial charge in [0.25, 0.3) is 5.91 Å². The number of amides is 1. The summed E-state index contributed by atoms with van der Waals surface area (Å²) in [6.45, 7) is -0.531. The Labute approximate surface area is 132 Å². The van der Waals surface area contributed by atoms with Gasteiger partial charge in [0.05, 0.1) is 15.3 Å². The lowest BCUT2D eigenvalue weighted by molar-refractivity contribution is -0.135. The van der Waals surface area contributed by atoms with Crippen LogP contribution in [0.5, 0.6) is 5.75 Å². The van der Waals surface area contributed by atoms with Crippen LogP contribution in [0.4, 0.5) is 0 Å². The lowest BCUT2D eigenvalue weighted by Crippen LogP contribution is -2.30. The second-order valence-corrected chi connectivity index (χ2v) is 6.24. The number of hydrogen-bond acceptors (Lipinski definition) is 6. The van der Waals surface area contributed by atoms with Crippen molar-refractivity contribution in [2.75, 3.05) is 6.54 Å². The molecular weight excluding hydrogens is 324 g/mol. The lowest BCUT2D eigenvalue weighted by Gasteiger charge is -2.08. The summed E-state index contributed by atoms with van der Waals surface area (Å²) in [6, 6.07) is 5.58. The van der Waals surface area contributed by atoms with Crippen LogP contribution < -0.4 is 5.32 Å². The molecule has 3 aromatic rings. The van der Waals surface area contributed by atoms with Gasteiger partial charge in [0.1, 0.15) is 6.54 Å². The third-order valence-corrected chi connectivity index (χ3v) is 4.75. The largest absolute Gasteiger partial charge is 0.504 e. The summed E-state index contributed by atoms with van der Waals surface area (Å²) in [7, 11) is 0. The molecule has 3 heterocycles. The van der Waals surface area contributed by atoms with E-state index in [9.17, 15) is 14.7 Å². The van der Waals surface area contributed by atoms with E-state index in [-0.39, 0.29) is 11.4 Å². The van der Waals surface area contributed by atoms with E-state index in [2.05, 4.69) is 10.3 Å². The molecule has 0 unspecified atom stereocenters. The molecule has 0 bridgehead atoms. The number of aliphatic carboxylic acids is 1. The Bertz CT molecular complexity index is 855. The van der Waals surface area contributed by atoms with Gasteiger partial charge in [-0.3, -0.25) is 9.59 Å². The number of nitrogens with one attached hydrogen (secondary N) is 1. The van der Waals surface area contributed by atoms with E-state index >= 15 is 0 Å². The first-order valence-corrected chi connectivity index (χ1v) is 7.98. The van der Waals surface area contributed by atoms with E-state index < -0.39 is 18.4 Å². The topological polar surface area (TPSA) is 99.5 Å². The number of fused-ring (bicyclic) bond motifs is 1. The Morgan fingerprint density at radius 3 is 2.73 bits per heavy atom. The zero-order chi connectivity index (χ0) is 15.7. The summed E-state index contributed by atoms with van der Waals surface area (Å²) in [5.41, 5.74) is 0.434. The highest BCUT2D eigenvalue weighted by molar-refractivity contribution is 7.18. The van der Waals surface area contributed by atoms with E-state index in [0.29, 0.717) is 10.4 Å². The van der Waals surface area contributed by atoms with Crippen LogP contribution in [0.15, 0.2) is 29.0 Å². The van der Waals surface area contributed by atoms with E-state index in [1.807, 2.05) is 29.0 Å². The predicted molar refractivity (Wildman–Crippen MR) is 84.6 cm³/mol. The van der Waals surface area contributed by atoms with E-state index in [1.54, 1.807) is 0 Å². The summed E-state index contributed by atoms with van der Waals surface area (Å²) < 4.78 is 0.555. The fraction of sp³-hybridized carbons (Fsp3) is 0.0714. The number of aromatic nitrogens is 1. The number of carbonyl (C=O) groups excluding carboxylic acids is 1. The first-order chi connectivity index (χ1) is 10.6. The standard InChI is InChI=1S/C14H10N2O4S2/c17-9(18)6-15-14(20)11-12(19)13-7(3-5-22-13)10(16-11)8-2-1-4-21-8/h1-5,19H,6H2,(H,15,20)(H,17,18). The van der Waals surface area contributed by atoms with Gasteiger partial charge in [-0.25, -0.2) is 4.98 Å². The zero-order valence-corrected chi connectivity index (χ0v) is 12.7. The molecule has 112 valence electrons. The molecule has 3 aromatic heterocycles. The number of nitrogens with zero attached hydrogens (tertiary/aromatic N) is 1. The van der Waals surface area contributed by atoms with E-state index in [0.717, 1.165) is 10.3 Å². The fourth-order valence-electron chi connectivity index (χ4n) is 2.01. The number of rotatable bonds is 4. The van der Waals surface area contributed by atoms with Gasteiger partial charge in [-0.2, -0.15) is 0 Å². The molecule has 22 heavy (non-hydrogen) atoms. The second kappa shape index (κ2) is 5.74. The predicted octanol–water partition coefficient (Wildman–Crippen LogP) is 2.54. The van der Waals surface area contributed by atoms with Crippen molar-refractivity contribution in [2.24, 2.45) is 0 Å². The van der Waals surface area contributed by atoms with Crippen LogP contribution in [0.25, 0.3) is 20.7 Å². The number of pyridine rings is 1. The molecule has 0 saturated carbocycles. The Hall–Kier alpha value is -2.45. The van der Waals surface area contributed by atoms with Crippen molar-refractivity contribution in [2.45, 2.75) is 0 Å². The van der Waals surface area contributed by atoms with Crippen molar-refractivity contribution in [3.63, 3.8) is 0 Å². The summed E-state index contributed by atoms with van der Waals surface area (Å²) in [5.74, 6) is -2.11. The van der Waals surface area contributed by atoms with Crippen molar-refractivity contribution in [1.29, 1.82) is 0 Å². The molecule has 0 aromatic carbocycles. The van der Waals surface area contributed by atoms with Crippen LogP contribution >= 0.6 is 22.7 Å². The maximum Gasteiger partial charge on any atom is 0.322 e. The molecular formula is C14H10N2O4S2. The monoisotopic (exact) mass is 334 g/mol. The minimum atomic E-state index is -1.16. The average Bonchev–Trinajstić information content (AvgIpc) is 3.16. The molecule has 1 amide bonds. The number of carboxylic acid groups (broad SMARTS) is 1. The van der Waals surface area contributed by atoms with Crippen LogP contribution in [-0.2, 0) is 4.79 Å². The number of hydrogen-bond donors (Lipinski definition) is 3. The van der Waals surface area contributed by atoms with Gasteiger partial charge >= 0.3 is 5.97 Å². The van der Waals surface area contributed by atoms with Crippen LogP contribution in [0.3, 0.4) is 0 Å². The smallest absolute Gasteiger partial charge is 0.322 e. The molecule has 0 radical (unpaired) electrons. The van der Waals surface area contributed by atoms with Crippen molar-refractivity contribution >= 4 is 44.6 Å². The SMILES string of the molecule is O=C(O)CNC(=O)c1nc(-c2cccs2)c2ccsc2c1O. The van der Waals surface area contributed by atoms with Crippen LogP contribution in [0, 0.1) is 0 Å². The molecule has 8 heteroatoms. The third kappa shape index (κ3) is 2.53. The Kier molecular flexibility index (Phi) is 3.78. The zero-order valence-electron chi connectivity index (χ0n) is 11.1. The minimum Gasteiger partial charge on any atom is -0.504 e. The fourth-order valence-corrected chi connectivity index (χ4v) is 3.58. The van der Waals surface area contributed by atoms with Gasteiger partial charge in [0.2, 0.25) is 0 Å². The van der Waals surface area contributed by atoms with Crippen LogP contribution in [-0.4, -0.2) is 33.6 Å². The first-order valence-electron chi connectivity index (χ1n) is 6.22. The highest BCUT2D eigenvalue weighted by Crippen LogP contribution is 2.39. The molecule has 0 atom stereocenters. The average molecular weight is 334 g/mol. The summed E-state index contributed by atoms with van der Waals surface area (Å²) in [4.78, 5) is 27.7. The summed E-state index contributed by atoms with van der Waals surface area (Å²) in [6.07, 6.45) is 0. The second-order valence-electron chi connectivity index (χ2n) is 4.37. The van der Waals surface area contributed by atoms with Crippen molar-refractivity contribution < 1.29 is 19.8 Å². The summed E-state index contributed by atoms with van der Waals surface area (Å²) in [5, 5.41) is 25.5. The van der Waals surface area contributed by atoms with E-state index in [4.69, 9.17) is 5.11 Å². The normalized spacial score (nSPS) is 10.7. The molecule has 6 nitrogen and oxygen atoms in total. The Morgan fingerprint density at radius 1 is 1.23 bits per heavy atom.